The van der Waals surface area contributed by atoms with Crippen LogP contribution in [0.2, 0.25) is 0 Å². The number of carbonyl (C=O) groups is 3. The van der Waals surface area contributed by atoms with Crippen LogP contribution in [-0.2, 0) is 50.7 Å². The molecule has 0 radical (unpaired) electrons. The number of phosphoric ester groups is 3. The Balaban J connectivity index is 1.31. The zero-order valence-corrected chi connectivity index (χ0v) is 42.0. The van der Waals surface area contributed by atoms with Crippen molar-refractivity contribution >= 4 is 69.1 Å². The van der Waals surface area contributed by atoms with Gasteiger partial charge in [0, 0.05) is 37.1 Å². The Morgan fingerprint density at radius 3 is 2.07 bits per heavy atom. The number of anilines is 1. The number of hydrogen-bond donors (Lipinski definition) is 9. The third kappa shape index (κ3) is 22.5. The standard InChI is InChI=1S/C41H64N7O17P3S/c1-4-5-6-7-8-9-10-11-12-13-14-15-16-17-18-19-20-21-32(50)69-25-24-43-31(49)22-23-44-39(53)36(52)41(2,3)27-62-68(59,60)65-67(57,58)61-26-30-35(64-66(54,55)56)34(51)40(63-30)48-29-47-33-37(42)45-28-46-38(33)48/h6-7,9-10,12-13,15-16,18-19,28-30,34-36,40,51-52H,4-5,8,11,14,17,20-27H2,1-3H3,(H,43,49)(H,44,53)(H,57,58)(H,59,60)(H2,42,45,46)(H2,54,55,56). The maximum Gasteiger partial charge on any atom is 0.481 e. The van der Waals surface area contributed by atoms with Crippen LogP contribution in [0.15, 0.2) is 73.4 Å². The van der Waals surface area contributed by atoms with Crippen LogP contribution in [0.25, 0.3) is 11.2 Å². The van der Waals surface area contributed by atoms with Gasteiger partial charge in [0.25, 0.3) is 0 Å². The third-order valence-electron chi connectivity index (χ3n) is 9.66. The molecule has 69 heavy (non-hydrogen) atoms. The van der Waals surface area contributed by atoms with Crippen molar-refractivity contribution in [3.05, 3.63) is 73.4 Å². The number of phosphoric acid groups is 3. The summed E-state index contributed by atoms with van der Waals surface area (Å²) in [7, 11) is -16.4. The summed E-state index contributed by atoms with van der Waals surface area (Å²) < 4.78 is 62.4. The number of carbonyl (C=O) groups excluding carboxylic acids is 3. The number of aromatic nitrogens is 4. The summed E-state index contributed by atoms with van der Waals surface area (Å²) >= 11 is 1.10. The molecule has 2 aromatic rings. The van der Waals surface area contributed by atoms with Crippen molar-refractivity contribution in [3.8, 4) is 0 Å². The summed E-state index contributed by atoms with van der Waals surface area (Å²) in [4.78, 5) is 88.3. The van der Waals surface area contributed by atoms with Crippen LogP contribution < -0.4 is 16.4 Å². The predicted molar refractivity (Wildman–Crippen MR) is 255 cm³/mol. The zero-order chi connectivity index (χ0) is 51.1. The van der Waals surface area contributed by atoms with Crippen LogP contribution in [-0.4, -0.2) is 123 Å². The van der Waals surface area contributed by atoms with Crippen molar-refractivity contribution in [1.29, 1.82) is 0 Å². The second-order valence-electron chi connectivity index (χ2n) is 15.9. The maximum absolute atomic E-state index is 12.7. The number of ether oxygens (including phenoxy) is 1. The molecule has 386 valence electrons. The molecule has 0 bridgehead atoms. The van der Waals surface area contributed by atoms with Gasteiger partial charge < -0.3 is 50.9 Å². The number of imidazole rings is 1. The van der Waals surface area contributed by atoms with E-state index < -0.39 is 84.6 Å². The van der Waals surface area contributed by atoms with Crippen LogP contribution in [0.1, 0.15) is 84.8 Å². The van der Waals surface area contributed by atoms with Crippen molar-refractivity contribution in [2.45, 2.75) is 109 Å². The number of fused-ring (bicyclic) bond motifs is 1. The molecule has 1 aliphatic heterocycles. The van der Waals surface area contributed by atoms with E-state index in [-0.39, 0.29) is 41.6 Å². The molecule has 0 spiro atoms. The van der Waals surface area contributed by atoms with Gasteiger partial charge in [-0.1, -0.05) is 99.7 Å². The van der Waals surface area contributed by atoms with Crippen LogP contribution in [0.4, 0.5) is 5.82 Å². The minimum atomic E-state index is -5.58. The third-order valence-corrected chi connectivity index (χ3v) is 13.7. The molecule has 7 atom stereocenters. The fourth-order valence-electron chi connectivity index (χ4n) is 6.05. The predicted octanol–water partition coefficient (Wildman–Crippen LogP) is 4.59. The van der Waals surface area contributed by atoms with Crippen LogP contribution in [0.5, 0.6) is 0 Å². The molecule has 24 nitrogen and oxygen atoms in total. The van der Waals surface area contributed by atoms with Crippen molar-refractivity contribution in [3.63, 3.8) is 0 Å². The molecule has 1 saturated heterocycles. The van der Waals surface area contributed by atoms with Crippen molar-refractivity contribution < 1.29 is 80.5 Å². The Bertz CT molecular complexity index is 2270. The second kappa shape index (κ2) is 29.6. The van der Waals surface area contributed by atoms with Gasteiger partial charge in [-0.25, -0.2) is 28.6 Å². The monoisotopic (exact) mass is 1050 g/mol. The highest BCUT2D eigenvalue weighted by molar-refractivity contribution is 8.13. The molecule has 0 aliphatic carbocycles. The summed E-state index contributed by atoms with van der Waals surface area (Å²) in [5, 5.41) is 26.5. The first-order valence-electron chi connectivity index (χ1n) is 21.9. The van der Waals surface area contributed by atoms with Crippen LogP contribution >= 0.6 is 35.2 Å². The number of hydrogen-bond acceptors (Lipinski definition) is 18. The van der Waals surface area contributed by atoms with Gasteiger partial charge in [0.05, 0.1) is 19.5 Å². The molecule has 1 aliphatic rings. The van der Waals surface area contributed by atoms with E-state index in [0.29, 0.717) is 18.6 Å². The highest BCUT2D eigenvalue weighted by Crippen LogP contribution is 2.61. The number of unbranched alkanes of at least 4 members (excludes halogenated alkanes) is 1. The molecule has 2 aromatic heterocycles. The van der Waals surface area contributed by atoms with E-state index in [1.165, 1.54) is 13.8 Å². The molecule has 2 amide bonds. The van der Waals surface area contributed by atoms with Gasteiger partial charge in [-0.05, 0) is 38.5 Å². The average molecular weight is 1050 g/mol. The number of amides is 2. The van der Waals surface area contributed by atoms with E-state index >= 15 is 0 Å². The lowest BCUT2D eigenvalue weighted by molar-refractivity contribution is -0.137. The molecule has 0 aromatic carbocycles. The Morgan fingerprint density at radius 1 is 0.870 bits per heavy atom. The Labute approximate surface area is 404 Å². The summed E-state index contributed by atoms with van der Waals surface area (Å²) in [6.07, 6.45) is 20.9. The van der Waals surface area contributed by atoms with Gasteiger partial charge in [-0.15, -0.1) is 0 Å². The average Bonchev–Trinajstić information content (AvgIpc) is 3.84. The van der Waals surface area contributed by atoms with Gasteiger partial charge in [0.15, 0.2) is 22.8 Å². The number of aliphatic hydroxyl groups excluding tert-OH is 2. The van der Waals surface area contributed by atoms with Crippen LogP contribution in [0, 0.1) is 5.41 Å². The largest absolute Gasteiger partial charge is 0.481 e. The Hall–Kier alpha value is -3.74. The zero-order valence-electron chi connectivity index (χ0n) is 38.5. The molecule has 7 unspecified atom stereocenters. The molecule has 10 N–H and O–H groups in total. The number of nitrogen functional groups attached to an aromatic ring is 1. The Kier molecular flexibility index (Phi) is 25.5. The number of aliphatic hydroxyl groups is 2. The number of allylic oxidation sites excluding steroid dienone is 10. The number of rotatable bonds is 32. The van der Waals surface area contributed by atoms with Crippen molar-refractivity contribution in [2.75, 3.05) is 37.8 Å². The lowest BCUT2D eigenvalue weighted by atomic mass is 9.87. The number of nitrogens with two attached hydrogens (primary N) is 1. The lowest BCUT2D eigenvalue weighted by Gasteiger charge is -2.30. The number of nitrogens with one attached hydrogen (secondary N) is 2. The maximum atomic E-state index is 12.7. The molecular weight excluding hydrogens is 987 g/mol. The van der Waals surface area contributed by atoms with Gasteiger partial charge in [-0.3, -0.25) is 32.5 Å². The van der Waals surface area contributed by atoms with E-state index in [9.17, 15) is 57.9 Å². The van der Waals surface area contributed by atoms with E-state index in [2.05, 4.69) is 90.0 Å². The molecular formula is C41H64N7O17P3S. The highest BCUT2D eigenvalue weighted by atomic mass is 32.2. The summed E-state index contributed by atoms with van der Waals surface area (Å²) in [6, 6.07) is 0. The molecule has 1 fully saturated rings. The first kappa shape index (κ1) is 59.6. The first-order valence-corrected chi connectivity index (χ1v) is 27.4. The van der Waals surface area contributed by atoms with Crippen molar-refractivity contribution in [2.24, 2.45) is 5.41 Å². The van der Waals surface area contributed by atoms with E-state index in [4.69, 9.17) is 19.5 Å². The summed E-state index contributed by atoms with van der Waals surface area (Å²) in [5.41, 5.74) is 4.27. The Morgan fingerprint density at radius 2 is 1.46 bits per heavy atom. The van der Waals surface area contributed by atoms with Gasteiger partial charge >= 0.3 is 23.5 Å². The fraction of sp³-hybridized carbons (Fsp3) is 0.561. The minimum absolute atomic E-state index is 0.0162. The van der Waals surface area contributed by atoms with E-state index in [0.717, 1.165) is 67.5 Å². The molecule has 0 saturated carbocycles. The van der Waals surface area contributed by atoms with Crippen molar-refractivity contribution in [1.82, 2.24) is 30.2 Å². The molecule has 3 heterocycles. The smallest absolute Gasteiger partial charge is 0.386 e. The molecule has 3 rings (SSSR count). The second-order valence-corrected chi connectivity index (χ2v) is 21.3. The summed E-state index contributed by atoms with van der Waals surface area (Å²) in [5.74, 6) is -1.11. The fourth-order valence-corrected chi connectivity index (χ4v) is 9.58. The SMILES string of the molecule is CCCC=CCC=CCC=CCC=CCC=CCCC(=O)SCCNC(=O)CCNC(=O)C(O)C(C)(C)COP(=O)(O)OP(=O)(O)OCC1OC(n2cnc3c(N)ncnc32)C(O)C1OP(=O)(O)O. The van der Waals surface area contributed by atoms with Crippen LogP contribution in [0.3, 0.4) is 0 Å². The van der Waals surface area contributed by atoms with Gasteiger partial charge in [0.1, 0.15) is 36.3 Å². The normalized spacial score (nSPS) is 20.4. The number of thioether (sulfide) groups is 1. The van der Waals surface area contributed by atoms with E-state index in [1.807, 2.05) is 12.2 Å². The highest BCUT2D eigenvalue weighted by Gasteiger charge is 2.50. The summed E-state index contributed by atoms with van der Waals surface area (Å²) in [6.45, 7) is 2.65. The van der Waals surface area contributed by atoms with Gasteiger partial charge in [0.2, 0.25) is 11.8 Å². The topological polar surface area (TPSA) is 364 Å². The van der Waals surface area contributed by atoms with Gasteiger partial charge in [-0.2, -0.15) is 4.31 Å². The first-order chi connectivity index (χ1) is 32.6. The van der Waals surface area contributed by atoms with E-state index in [1.54, 1.807) is 0 Å². The lowest BCUT2D eigenvalue weighted by Crippen LogP contribution is -2.46. The molecule has 28 heteroatoms. The quantitative estimate of drug-likeness (QED) is 0.0275. The minimum Gasteiger partial charge on any atom is -0.386 e. The number of nitrogens with zero attached hydrogens (tertiary/aromatic N) is 4.